The zero-order valence-electron chi connectivity index (χ0n) is 12.8. The standard InChI is InChI=1S/C16H32N2O/c1-13(2)18-11-14(8-9-19)10-16(12-18)17-15-6-4-3-5-7-15/h13-17,19H,3-12H2,1-2H3. The molecular formula is C16H32N2O. The van der Waals surface area contributed by atoms with Gasteiger partial charge in [-0.15, -0.1) is 0 Å². The summed E-state index contributed by atoms with van der Waals surface area (Å²) in [5, 5.41) is 13.1. The highest BCUT2D eigenvalue weighted by Crippen LogP contribution is 2.24. The van der Waals surface area contributed by atoms with Gasteiger partial charge in [-0.1, -0.05) is 19.3 Å². The van der Waals surface area contributed by atoms with Gasteiger partial charge in [-0.3, -0.25) is 4.90 Å². The van der Waals surface area contributed by atoms with E-state index >= 15 is 0 Å². The van der Waals surface area contributed by atoms with Crippen LogP contribution in [-0.4, -0.2) is 47.8 Å². The van der Waals surface area contributed by atoms with Gasteiger partial charge in [0.05, 0.1) is 0 Å². The summed E-state index contributed by atoms with van der Waals surface area (Å²) in [6.45, 7) is 7.28. The smallest absolute Gasteiger partial charge is 0.0434 e. The molecule has 2 unspecified atom stereocenters. The number of aliphatic hydroxyl groups excluding tert-OH is 1. The minimum atomic E-state index is 0.340. The normalized spacial score (nSPS) is 30.9. The Morgan fingerprint density at radius 2 is 1.84 bits per heavy atom. The molecule has 0 spiro atoms. The van der Waals surface area contributed by atoms with Crippen LogP contribution in [0.5, 0.6) is 0 Å². The third kappa shape index (κ3) is 4.73. The van der Waals surface area contributed by atoms with Crippen LogP contribution in [0.2, 0.25) is 0 Å². The maximum absolute atomic E-state index is 9.21. The van der Waals surface area contributed by atoms with Crippen molar-refractivity contribution in [2.75, 3.05) is 19.7 Å². The van der Waals surface area contributed by atoms with Gasteiger partial charge in [-0.25, -0.2) is 0 Å². The number of hydrogen-bond donors (Lipinski definition) is 2. The van der Waals surface area contributed by atoms with Crippen molar-refractivity contribution >= 4 is 0 Å². The lowest BCUT2D eigenvalue weighted by atomic mass is 9.88. The third-order valence-electron chi connectivity index (χ3n) is 4.91. The fourth-order valence-corrected chi connectivity index (χ4v) is 3.78. The first kappa shape index (κ1) is 15.3. The van der Waals surface area contributed by atoms with Crippen LogP contribution >= 0.6 is 0 Å². The summed E-state index contributed by atoms with van der Waals surface area (Å²) in [6, 6.07) is 2.01. The number of nitrogens with zero attached hydrogens (tertiary/aromatic N) is 1. The Hall–Kier alpha value is -0.120. The first-order chi connectivity index (χ1) is 9.19. The fraction of sp³-hybridized carbons (Fsp3) is 1.00. The average molecular weight is 268 g/mol. The van der Waals surface area contributed by atoms with Crippen LogP contribution in [0.1, 0.15) is 58.8 Å². The van der Waals surface area contributed by atoms with Crippen LogP contribution in [0, 0.1) is 5.92 Å². The Balaban J connectivity index is 1.86. The zero-order chi connectivity index (χ0) is 13.7. The highest BCUT2D eigenvalue weighted by Gasteiger charge is 2.29. The first-order valence-electron chi connectivity index (χ1n) is 8.30. The quantitative estimate of drug-likeness (QED) is 0.803. The van der Waals surface area contributed by atoms with E-state index in [0.29, 0.717) is 24.6 Å². The number of rotatable bonds is 5. The molecule has 1 heterocycles. The molecule has 112 valence electrons. The maximum atomic E-state index is 9.21. The number of likely N-dealkylation sites (tertiary alicyclic amines) is 1. The molecule has 0 aromatic heterocycles. The Bertz CT molecular complexity index is 251. The molecule has 2 aliphatic rings. The molecule has 2 N–H and O–H groups in total. The van der Waals surface area contributed by atoms with Gasteiger partial charge in [0.2, 0.25) is 0 Å². The molecule has 2 atom stereocenters. The summed E-state index contributed by atoms with van der Waals surface area (Å²) in [5.74, 6) is 0.669. The monoisotopic (exact) mass is 268 g/mol. The predicted molar refractivity (Wildman–Crippen MR) is 80.3 cm³/mol. The summed E-state index contributed by atoms with van der Waals surface area (Å²) in [7, 11) is 0. The Labute approximate surface area is 118 Å². The number of piperidine rings is 1. The lowest BCUT2D eigenvalue weighted by Gasteiger charge is -2.42. The molecule has 3 nitrogen and oxygen atoms in total. The summed E-state index contributed by atoms with van der Waals surface area (Å²) >= 11 is 0. The van der Waals surface area contributed by atoms with Gasteiger partial charge in [-0.05, 0) is 45.4 Å². The van der Waals surface area contributed by atoms with Gasteiger partial charge in [-0.2, -0.15) is 0 Å². The second kappa shape index (κ2) is 7.61. The van der Waals surface area contributed by atoms with Crippen molar-refractivity contribution in [3.63, 3.8) is 0 Å². The minimum absolute atomic E-state index is 0.340. The van der Waals surface area contributed by atoms with Crippen molar-refractivity contribution in [2.24, 2.45) is 5.92 Å². The molecule has 0 aromatic rings. The number of nitrogens with one attached hydrogen (secondary N) is 1. The molecule has 0 amide bonds. The summed E-state index contributed by atoms with van der Waals surface area (Å²) in [5.41, 5.74) is 0. The zero-order valence-corrected chi connectivity index (χ0v) is 12.8. The molecule has 3 heteroatoms. The van der Waals surface area contributed by atoms with Crippen LogP contribution in [0.3, 0.4) is 0 Å². The van der Waals surface area contributed by atoms with Crippen molar-refractivity contribution in [3.05, 3.63) is 0 Å². The van der Waals surface area contributed by atoms with Gasteiger partial charge in [0, 0.05) is 37.8 Å². The summed E-state index contributed by atoms with van der Waals surface area (Å²) in [4.78, 5) is 2.59. The lowest BCUT2D eigenvalue weighted by Crippen LogP contribution is -2.54. The first-order valence-corrected chi connectivity index (χ1v) is 8.30. The molecule has 1 aliphatic carbocycles. The van der Waals surface area contributed by atoms with E-state index in [1.807, 2.05) is 0 Å². The van der Waals surface area contributed by atoms with Crippen molar-refractivity contribution in [3.8, 4) is 0 Å². The summed E-state index contributed by atoms with van der Waals surface area (Å²) < 4.78 is 0. The van der Waals surface area contributed by atoms with E-state index in [1.54, 1.807) is 0 Å². The van der Waals surface area contributed by atoms with Gasteiger partial charge in [0.1, 0.15) is 0 Å². The molecular weight excluding hydrogens is 236 g/mol. The molecule has 0 bridgehead atoms. The van der Waals surface area contributed by atoms with E-state index in [9.17, 15) is 5.11 Å². The van der Waals surface area contributed by atoms with E-state index in [2.05, 4.69) is 24.1 Å². The minimum Gasteiger partial charge on any atom is -0.396 e. The van der Waals surface area contributed by atoms with E-state index < -0.39 is 0 Å². The number of hydrogen-bond acceptors (Lipinski definition) is 3. The lowest BCUT2D eigenvalue weighted by molar-refractivity contribution is 0.0900. The topological polar surface area (TPSA) is 35.5 Å². The highest BCUT2D eigenvalue weighted by molar-refractivity contribution is 4.87. The average Bonchev–Trinajstić information content (AvgIpc) is 2.40. The molecule has 2 rings (SSSR count). The molecule has 2 fully saturated rings. The predicted octanol–water partition coefficient (Wildman–Crippen LogP) is 2.39. The Morgan fingerprint density at radius 3 is 2.47 bits per heavy atom. The van der Waals surface area contributed by atoms with Gasteiger partial charge in [0.15, 0.2) is 0 Å². The van der Waals surface area contributed by atoms with E-state index in [1.165, 1.54) is 51.6 Å². The summed E-state index contributed by atoms with van der Waals surface area (Å²) in [6.07, 6.45) is 9.17. The Kier molecular flexibility index (Phi) is 6.11. The SMILES string of the molecule is CC(C)N1CC(CCO)CC(NC2CCCCC2)C1. The van der Waals surface area contributed by atoms with Gasteiger partial charge in [0.25, 0.3) is 0 Å². The molecule has 0 radical (unpaired) electrons. The second-order valence-electron chi connectivity index (χ2n) is 6.86. The van der Waals surface area contributed by atoms with Crippen LogP contribution in [0.4, 0.5) is 0 Å². The third-order valence-corrected chi connectivity index (χ3v) is 4.91. The number of aliphatic hydroxyl groups is 1. The molecule has 1 saturated heterocycles. The molecule has 19 heavy (non-hydrogen) atoms. The largest absolute Gasteiger partial charge is 0.396 e. The second-order valence-corrected chi connectivity index (χ2v) is 6.86. The van der Waals surface area contributed by atoms with E-state index in [-0.39, 0.29) is 0 Å². The van der Waals surface area contributed by atoms with Gasteiger partial charge >= 0.3 is 0 Å². The van der Waals surface area contributed by atoms with Crippen molar-refractivity contribution < 1.29 is 5.11 Å². The van der Waals surface area contributed by atoms with E-state index in [4.69, 9.17) is 0 Å². The van der Waals surface area contributed by atoms with Crippen LogP contribution in [0.25, 0.3) is 0 Å². The van der Waals surface area contributed by atoms with Crippen molar-refractivity contribution in [1.82, 2.24) is 10.2 Å². The molecule has 1 aliphatic heterocycles. The molecule has 0 aromatic carbocycles. The van der Waals surface area contributed by atoms with Crippen LogP contribution < -0.4 is 5.32 Å². The molecule has 1 saturated carbocycles. The van der Waals surface area contributed by atoms with Crippen LogP contribution in [0.15, 0.2) is 0 Å². The van der Waals surface area contributed by atoms with E-state index in [0.717, 1.165) is 12.5 Å². The highest BCUT2D eigenvalue weighted by atomic mass is 16.3. The Morgan fingerprint density at radius 1 is 1.11 bits per heavy atom. The van der Waals surface area contributed by atoms with Crippen LogP contribution in [-0.2, 0) is 0 Å². The van der Waals surface area contributed by atoms with Crippen molar-refractivity contribution in [2.45, 2.75) is 76.9 Å². The van der Waals surface area contributed by atoms with Gasteiger partial charge < -0.3 is 10.4 Å². The van der Waals surface area contributed by atoms with Crippen molar-refractivity contribution in [1.29, 1.82) is 0 Å². The fourth-order valence-electron chi connectivity index (χ4n) is 3.78. The maximum Gasteiger partial charge on any atom is 0.0434 e.